The van der Waals surface area contributed by atoms with Gasteiger partial charge in [-0.1, -0.05) is 0 Å². The van der Waals surface area contributed by atoms with Crippen molar-refractivity contribution >= 4 is 12.4 Å². The van der Waals surface area contributed by atoms with E-state index in [4.69, 9.17) is 5.73 Å². The zero-order valence-electron chi connectivity index (χ0n) is 7.97. The van der Waals surface area contributed by atoms with Crippen LogP contribution >= 0.6 is 12.4 Å². The molecule has 12 heavy (non-hydrogen) atoms. The van der Waals surface area contributed by atoms with E-state index in [1.54, 1.807) is 0 Å². The van der Waals surface area contributed by atoms with Crippen molar-refractivity contribution in [2.24, 2.45) is 5.73 Å². The molecule has 1 rings (SSSR count). The molecular formula is C8H20ClN3. The van der Waals surface area contributed by atoms with Gasteiger partial charge in [0.1, 0.15) is 0 Å². The van der Waals surface area contributed by atoms with Crippen LogP contribution in [-0.4, -0.2) is 43.2 Å². The molecule has 0 aliphatic carbocycles. The molecule has 0 unspecified atom stereocenters. The molecule has 4 heteroatoms. The Morgan fingerprint density at radius 2 is 2.17 bits per heavy atom. The summed E-state index contributed by atoms with van der Waals surface area (Å²) in [6.45, 7) is 9.61. The van der Waals surface area contributed by atoms with Gasteiger partial charge in [-0.05, 0) is 13.8 Å². The number of hydrogen-bond donors (Lipinski definition) is 2. The van der Waals surface area contributed by atoms with Gasteiger partial charge in [0, 0.05) is 38.3 Å². The standard InChI is InChI=1S/C8H19N3.ClH/c1-8(2)7-10-4-6-11(8)5-3-9;/h10H,3-7,9H2,1-2H3;1H. The average molecular weight is 194 g/mol. The van der Waals surface area contributed by atoms with E-state index in [0.29, 0.717) is 0 Å². The first kappa shape index (κ1) is 12.2. The van der Waals surface area contributed by atoms with Gasteiger partial charge >= 0.3 is 0 Å². The van der Waals surface area contributed by atoms with E-state index < -0.39 is 0 Å². The summed E-state index contributed by atoms with van der Waals surface area (Å²) in [7, 11) is 0. The van der Waals surface area contributed by atoms with Crippen LogP contribution < -0.4 is 11.1 Å². The van der Waals surface area contributed by atoms with E-state index in [1.807, 2.05) is 0 Å². The van der Waals surface area contributed by atoms with Crippen molar-refractivity contribution in [1.29, 1.82) is 0 Å². The Hall–Kier alpha value is 0.170. The van der Waals surface area contributed by atoms with Crippen LogP contribution in [0, 0.1) is 0 Å². The molecule has 74 valence electrons. The number of rotatable bonds is 2. The highest BCUT2D eigenvalue weighted by Crippen LogP contribution is 2.14. The van der Waals surface area contributed by atoms with Crippen LogP contribution in [0.4, 0.5) is 0 Å². The lowest BCUT2D eigenvalue weighted by Gasteiger charge is -2.42. The van der Waals surface area contributed by atoms with Crippen LogP contribution in [0.25, 0.3) is 0 Å². The summed E-state index contributed by atoms with van der Waals surface area (Å²) in [5.74, 6) is 0. The molecule has 0 spiro atoms. The SMILES string of the molecule is CC1(C)CNCCN1CCN.Cl. The molecule has 0 bridgehead atoms. The first-order chi connectivity index (χ1) is 5.17. The third-order valence-corrected chi connectivity index (χ3v) is 2.37. The fourth-order valence-electron chi connectivity index (χ4n) is 1.59. The first-order valence-electron chi connectivity index (χ1n) is 4.32. The monoisotopic (exact) mass is 193 g/mol. The molecular weight excluding hydrogens is 174 g/mol. The lowest BCUT2D eigenvalue weighted by atomic mass is 10.0. The maximum atomic E-state index is 5.52. The number of nitrogens with zero attached hydrogens (tertiary/aromatic N) is 1. The number of halogens is 1. The van der Waals surface area contributed by atoms with Crippen LogP contribution in [0.2, 0.25) is 0 Å². The van der Waals surface area contributed by atoms with Gasteiger partial charge in [-0.25, -0.2) is 0 Å². The highest BCUT2D eigenvalue weighted by atomic mass is 35.5. The van der Waals surface area contributed by atoms with Crippen LogP contribution in [-0.2, 0) is 0 Å². The summed E-state index contributed by atoms with van der Waals surface area (Å²) in [5, 5.41) is 3.38. The highest BCUT2D eigenvalue weighted by molar-refractivity contribution is 5.85. The number of nitrogens with two attached hydrogens (primary N) is 1. The first-order valence-corrected chi connectivity index (χ1v) is 4.32. The lowest BCUT2D eigenvalue weighted by molar-refractivity contribution is 0.0944. The van der Waals surface area contributed by atoms with Crippen LogP contribution in [0.15, 0.2) is 0 Å². The van der Waals surface area contributed by atoms with Crippen molar-refractivity contribution in [2.75, 3.05) is 32.7 Å². The molecule has 1 aliphatic heterocycles. The zero-order chi connectivity index (χ0) is 8.32. The molecule has 0 amide bonds. The molecule has 1 aliphatic rings. The van der Waals surface area contributed by atoms with E-state index >= 15 is 0 Å². The summed E-state index contributed by atoms with van der Waals surface area (Å²) >= 11 is 0. The average Bonchev–Trinajstić information content (AvgIpc) is 1.94. The summed E-state index contributed by atoms with van der Waals surface area (Å²) in [5.41, 5.74) is 5.81. The Labute approximate surface area is 81.1 Å². The number of hydrogen-bond acceptors (Lipinski definition) is 3. The van der Waals surface area contributed by atoms with Gasteiger partial charge in [0.15, 0.2) is 0 Å². The van der Waals surface area contributed by atoms with Gasteiger partial charge in [-0.3, -0.25) is 4.90 Å². The van der Waals surface area contributed by atoms with Crippen LogP contribution in [0.5, 0.6) is 0 Å². The van der Waals surface area contributed by atoms with E-state index in [-0.39, 0.29) is 17.9 Å². The highest BCUT2D eigenvalue weighted by Gasteiger charge is 2.28. The molecule has 0 aromatic heterocycles. The minimum absolute atomic E-state index is 0. The van der Waals surface area contributed by atoms with E-state index in [0.717, 1.165) is 32.7 Å². The molecule has 3 nitrogen and oxygen atoms in total. The fourth-order valence-corrected chi connectivity index (χ4v) is 1.59. The van der Waals surface area contributed by atoms with Gasteiger partial charge in [0.05, 0.1) is 0 Å². The Morgan fingerprint density at radius 3 is 2.67 bits per heavy atom. The van der Waals surface area contributed by atoms with Crippen molar-refractivity contribution in [3.63, 3.8) is 0 Å². The maximum Gasteiger partial charge on any atom is 0.0278 e. The Balaban J connectivity index is 0.00000121. The molecule has 1 heterocycles. The minimum atomic E-state index is 0. The zero-order valence-corrected chi connectivity index (χ0v) is 8.78. The molecule has 0 aromatic rings. The number of nitrogens with one attached hydrogen (secondary N) is 1. The van der Waals surface area contributed by atoms with Crippen molar-refractivity contribution in [1.82, 2.24) is 10.2 Å². The van der Waals surface area contributed by atoms with Crippen molar-refractivity contribution in [3.05, 3.63) is 0 Å². The second kappa shape index (κ2) is 5.02. The maximum absolute atomic E-state index is 5.52. The minimum Gasteiger partial charge on any atom is -0.329 e. The summed E-state index contributed by atoms with van der Waals surface area (Å²) < 4.78 is 0. The normalized spacial score (nSPS) is 23.2. The third-order valence-electron chi connectivity index (χ3n) is 2.37. The second-order valence-electron chi connectivity index (χ2n) is 3.76. The van der Waals surface area contributed by atoms with E-state index in [9.17, 15) is 0 Å². The van der Waals surface area contributed by atoms with Gasteiger partial charge in [0.2, 0.25) is 0 Å². The molecule has 0 radical (unpaired) electrons. The smallest absolute Gasteiger partial charge is 0.0278 e. The van der Waals surface area contributed by atoms with Gasteiger partial charge in [0.25, 0.3) is 0 Å². The predicted octanol–water partition coefficient (Wildman–Crippen LogP) is 0.0507. The second-order valence-corrected chi connectivity index (χ2v) is 3.76. The Kier molecular flexibility index (Phi) is 5.09. The molecule has 3 N–H and O–H groups in total. The van der Waals surface area contributed by atoms with E-state index in [2.05, 4.69) is 24.1 Å². The van der Waals surface area contributed by atoms with Crippen molar-refractivity contribution in [2.45, 2.75) is 19.4 Å². The Morgan fingerprint density at radius 1 is 1.50 bits per heavy atom. The molecule has 0 aromatic carbocycles. The molecule has 0 atom stereocenters. The quantitative estimate of drug-likeness (QED) is 0.652. The van der Waals surface area contributed by atoms with Gasteiger partial charge in [-0.2, -0.15) is 0 Å². The molecule has 0 saturated carbocycles. The van der Waals surface area contributed by atoms with Crippen LogP contribution in [0.1, 0.15) is 13.8 Å². The van der Waals surface area contributed by atoms with Crippen LogP contribution in [0.3, 0.4) is 0 Å². The predicted molar refractivity (Wildman–Crippen MR) is 54.8 cm³/mol. The molecule has 1 fully saturated rings. The largest absolute Gasteiger partial charge is 0.329 e. The summed E-state index contributed by atoms with van der Waals surface area (Å²) in [6.07, 6.45) is 0. The lowest BCUT2D eigenvalue weighted by Crippen LogP contribution is -2.58. The third kappa shape index (κ3) is 2.90. The molecule has 1 saturated heterocycles. The topological polar surface area (TPSA) is 41.3 Å². The summed E-state index contributed by atoms with van der Waals surface area (Å²) in [4.78, 5) is 2.45. The van der Waals surface area contributed by atoms with Crippen molar-refractivity contribution in [3.8, 4) is 0 Å². The Bertz CT molecular complexity index is 125. The summed E-state index contributed by atoms with van der Waals surface area (Å²) in [6, 6.07) is 0. The van der Waals surface area contributed by atoms with E-state index in [1.165, 1.54) is 0 Å². The van der Waals surface area contributed by atoms with Gasteiger partial charge in [-0.15, -0.1) is 12.4 Å². The number of piperazine rings is 1. The van der Waals surface area contributed by atoms with Gasteiger partial charge < -0.3 is 11.1 Å². The van der Waals surface area contributed by atoms with Crippen molar-refractivity contribution < 1.29 is 0 Å². The fraction of sp³-hybridized carbons (Fsp3) is 1.00.